The SMILES string of the molecule is CC(=O)OOCC1OC(Oc2cc(C)cc(O)c2C(=O)CCc2ccc3occc3c2)C(O)C(O)C1O. The van der Waals surface area contributed by atoms with Gasteiger partial charge in [-0.1, -0.05) is 6.07 Å². The van der Waals surface area contributed by atoms with Crippen LogP contribution in [-0.2, 0) is 25.7 Å². The number of aliphatic hydroxyl groups is 3. The highest BCUT2D eigenvalue weighted by Crippen LogP contribution is 2.34. The third-order valence-electron chi connectivity index (χ3n) is 5.98. The molecule has 0 saturated carbocycles. The van der Waals surface area contributed by atoms with E-state index >= 15 is 0 Å². The van der Waals surface area contributed by atoms with Gasteiger partial charge in [-0.05, 0) is 54.8 Å². The van der Waals surface area contributed by atoms with Crippen LogP contribution in [0.1, 0.15) is 34.8 Å². The number of ether oxygens (including phenoxy) is 2. The van der Waals surface area contributed by atoms with Gasteiger partial charge < -0.3 is 34.3 Å². The zero-order valence-electron chi connectivity index (χ0n) is 20.2. The maximum atomic E-state index is 13.2. The first kappa shape index (κ1) is 26.6. The highest BCUT2D eigenvalue weighted by molar-refractivity contribution is 6.01. The zero-order chi connectivity index (χ0) is 26.7. The molecular formula is C26H28O11. The molecule has 198 valence electrons. The van der Waals surface area contributed by atoms with E-state index in [-0.39, 0.29) is 23.5 Å². The van der Waals surface area contributed by atoms with E-state index in [0.717, 1.165) is 23.5 Å². The van der Waals surface area contributed by atoms with E-state index in [1.165, 1.54) is 12.1 Å². The summed E-state index contributed by atoms with van der Waals surface area (Å²) in [5.41, 5.74) is 2.08. The summed E-state index contributed by atoms with van der Waals surface area (Å²) in [7, 11) is 0. The molecule has 37 heavy (non-hydrogen) atoms. The second kappa shape index (κ2) is 11.3. The first-order valence-electron chi connectivity index (χ1n) is 11.6. The van der Waals surface area contributed by atoms with Gasteiger partial charge >= 0.3 is 5.97 Å². The van der Waals surface area contributed by atoms with Crippen molar-refractivity contribution in [2.45, 2.75) is 57.4 Å². The summed E-state index contributed by atoms with van der Waals surface area (Å²) >= 11 is 0. The highest BCUT2D eigenvalue weighted by atomic mass is 17.2. The van der Waals surface area contributed by atoms with Gasteiger partial charge in [0.25, 0.3) is 0 Å². The Hall–Kier alpha value is -3.48. The predicted molar refractivity (Wildman–Crippen MR) is 127 cm³/mol. The molecule has 1 aliphatic heterocycles. The number of aromatic hydroxyl groups is 1. The number of phenols is 1. The van der Waals surface area contributed by atoms with Crippen LogP contribution in [0.5, 0.6) is 11.5 Å². The smallest absolute Gasteiger partial charge is 0.339 e. The van der Waals surface area contributed by atoms with Crippen molar-refractivity contribution in [3.8, 4) is 11.5 Å². The zero-order valence-corrected chi connectivity index (χ0v) is 20.2. The van der Waals surface area contributed by atoms with Crippen molar-refractivity contribution in [1.29, 1.82) is 0 Å². The second-order valence-electron chi connectivity index (χ2n) is 8.87. The third kappa shape index (κ3) is 6.09. The van der Waals surface area contributed by atoms with Crippen molar-refractivity contribution in [1.82, 2.24) is 0 Å². The minimum Gasteiger partial charge on any atom is -0.507 e. The molecule has 5 unspecified atom stereocenters. The molecule has 1 fully saturated rings. The van der Waals surface area contributed by atoms with Crippen LogP contribution < -0.4 is 4.74 Å². The molecule has 4 N–H and O–H groups in total. The van der Waals surface area contributed by atoms with Gasteiger partial charge in [-0.25, -0.2) is 4.79 Å². The second-order valence-corrected chi connectivity index (χ2v) is 8.87. The molecule has 5 atom stereocenters. The summed E-state index contributed by atoms with van der Waals surface area (Å²) in [6.07, 6.45) is -5.74. The Labute approximate surface area is 211 Å². The summed E-state index contributed by atoms with van der Waals surface area (Å²) in [6.45, 7) is 2.32. The number of aliphatic hydroxyl groups excluding tert-OH is 3. The van der Waals surface area contributed by atoms with Crippen molar-refractivity contribution in [3.63, 3.8) is 0 Å². The number of hydrogen-bond acceptors (Lipinski definition) is 11. The Morgan fingerprint density at radius 1 is 1.03 bits per heavy atom. The molecule has 0 aliphatic carbocycles. The number of rotatable bonds is 9. The molecule has 2 aromatic carbocycles. The van der Waals surface area contributed by atoms with Gasteiger partial charge in [-0.15, -0.1) is 0 Å². The fourth-order valence-electron chi connectivity index (χ4n) is 4.12. The Morgan fingerprint density at radius 2 is 1.81 bits per heavy atom. The van der Waals surface area contributed by atoms with E-state index in [9.17, 15) is 30.0 Å². The lowest BCUT2D eigenvalue weighted by molar-refractivity contribution is -0.323. The average molecular weight is 516 g/mol. The van der Waals surface area contributed by atoms with E-state index < -0.39 is 49.1 Å². The predicted octanol–water partition coefficient (Wildman–Crippen LogP) is 1.94. The maximum Gasteiger partial charge on any atom is 0.339 e. The fraction of sp³-hybridized carbons (Fsp3) is 0.385. The molecular weight excluding hydrogens is 488 g/mol. The molecule has 0 spiro atoms. The minimum absolute atomic E-state index is 0.0462. The number of benzene rings is 2. The molecule has 2 heterocycles. The number of Topliss-reactive ketones (excluding diaryl/α,β-unsaturated/α-hetero) is 1. The van der Waals surface area contributed by atoms with Gasteiger partial charge in [0.05, 0.1) is 6.26 Å². The van der Waals surface area contributed by atoms with Crippen LogP contribution in [0.25, 0.3) is 11.0 Å². The molecule has 4 rings (SSSR count). The van der Waals surface area contributed by atoms with Gasteiger partial charge in [-0.3, -0.25) is 9.68 Å². The van der Waals surface area contributed by atoms with Crippen molar-refractivity contribution < 1.29 is 53.7 Å². The number of carbonyl (C=O) groups is 2. The van der Waals surface area contributed by atoms with Crippen molar-refractivity contribution in [2.75, 3.05) is 6.61 Å². The summed E-state index contributed by atoms with van der Waals surface area (Å²) in [5.74, 6) is -1.53. The van der Waals surface area contributed by atoms with Crippen LogP contribution in [0.15, 0.2) is 47.1 Å². The van der Waals surface area contributed by atoms with Gasteiger partial charge in [0.15, 0.2) is 5.78 Å². The molecule has 11 heteroatoms. The number of aryl methyl sites for hydroxylation is 2. The third-order valence-corrected chi connectivity index (χ3v) is 5.98. The molecule has 0 bridgehead atoms. The molecule has 0 radical (unpaired) electrons. The average Bonchev–Trinajstić information content (AvgIpc) is 3.31. The van der Waals surface area contributed by atoms with Crippen molar-refractivity contribution >= 4 is 22.7 Å². The van der Waals surface area contributed by atoms with E-state index in [0.29, 0.717) is 12.0 Å². The van der Waals surface area contributed by atoms with Crippen LogP contribution >= 0.6 is 0 Å². The molecule has 3 aromatic rings. The van der Waals surface area contributed by atoms with Crippen LogP contribution in [0, 0.1) is 6.92 Å². The fourth-order valence-corrected chi connectivity index (χ4v) is 4.12. The lowest BCUT2D eigenvalue weighted by atomic mass is 9.98. The lowest BCUT2D eigenvalue weighted by Gasteiger charge is -2.40. The number of carbonyl (C=O) groups excluding carboxylic acids is 2. The Balaban J connectivity index is 1.51. The first-order chi connectivity index (χ1) is 17.6. The van der Waals surface area contributed by atoms with Crippen LogP contribution in [-0.4, -0.2) is 69.5 Å². The van der Waals surface area contributed by atoms with Gasteiger partial charge in [-0.2, -0.15) is 4.89 Å². The Kier molecular flexibility index (Phi) is 8.10. The van der Waals surface area contributed by atoms with Gasteiger partial charge in [0.2, 0.25) is 6.29 Å². The van der Waals surface area contributed by atoms with Crippen LogP contribution in [0.4, 0.5) is 0 Å². The number of phenolic OH excluding ortho intramolecular Hbond substituents is 1. The normalized spacial score (nSPS) is 23.6. The lowest BCUT2D eigenvalue weighted by Crippen LogP contribution is -2.60. The van der Waals surface area contributed by atoms with E-state index in [1.807, 2.05) is 24.3 Å². The van der Waals surface area contributed by atoms with Crippen LogP contribution in [0.3, 0.4) is 0 Å². The van der Waals surface area contributed by atoms with Crippen molar-refractivity contribution in [3.05, 3.63) is 59.4 Å². The number of fused-ring (bicyclic) bond motifs is 1. The van der Waals surface area contributed by atoms with E-state index in [1.54, 1.807) is 13.2 Å². The molecule has 0 amide bonds. The largest absolute Gasteiger partial charge is 0.507 e. The molecule has 1 aliphatic rings. The molecule has 11 nitrogen and oxygen atoms in total. The standard InChI is InChI=1S/C26H28O11/c1-13-9-18(29)22(17(28)5-3-15-4-6-19-16(11-15)7-8-33-19)20(10-13)35-26-25(32)24(31)23(30)21(36-26)12-34-37-14(2)27/h4,6-11,21,23-26,29-32H,3,5,12H2,1-2H3. The molecule has 1 aromatic heterocycles. The minimum atomic E-state index is -1.70. The maximum absolute atomic E-state index is 13.2. The van der Waals surface area contributed by atoms with Crippen molar-refractivity contribution in [2.24, 2.45) is 0 Å². The quantitative estimate of drug-likeness (QED) is 0.187. The summed E-state index contributed by atoms with van der Waals surface area (Å²) in [4.78, 5) is 33.2. The van der Waals surface area contributed by atoms with Gasteiger partial charge in [0, 0.05) is 18.7 Å². The number of hydrogen-bond donors (Lipinski definition) is 4. The summed E-state index contributed by atoms with van der Waals surface area (Å²) < 4.78 is 16.6. The molecule has 1 saturated heterocycles. The van der Waals surface area contributed by atoms with Gasteiger partial charge in [0.1, 0.15) is 53.7 Å². The van der Waals surface area contributed by atoms with E-state index in [4.69, 9.17) is 18.8 Å². The van der Waals surface area contributed by atoms with E-state index in [2.05, 4.69) is 4.89 Å². The monoisotopic (exact) mass is 516 g/mol. The highest BCUT2D eigenvalue weighted by Gasteiger charge is 2.45. The Morgan fingerprint density at radius 3 is 2.57 bits per heavy atom. The summed E-state index contributed by atoms with van der Waals surface area (Å²) in [6, 6.07) is 10.3. The number of furan rings is 1. The Bertz CT molecular complexity index is 1270. The first-order valence-corrected chi connectivity index (χ1v) is 11.6. The topological polar surface area (TPSA) is 165 Å². The summed E-state index contributed by atoms with van der Waals surface area (Å²) in [5, 5.41) is 42.4. The van der Waals surface area contributed by atoms with Crippen LogP contribution in [0.2, 0.25) is 0 Å². The number of ketones is 1.